The van der Waals surface area contributed by atoms with Gasteiger partial charge < -0.3 is 0 Å². The van der Waals surface area contributed by atoms with Gasteiger partial charge in [0.15, 0.2) is 0 Å². The van der Waals surface area contributed by atoms with Crippen molar-refractivity contribution in [2.75, 3.05) is 5.32 Å². The predicted molar refractivity (Wildman–Crippen MR) is 85.7 cm³/mol. The van der Waals surface area contributed by atoms with Gasteiger partial charge in [-0.2, -0.15) is 5.10 Å². The van der Waals surface area contributed by atoms with Crippen molar-refractivity contribution in [2.45, 2.75) is 26.4 Å². The highest BCUT2D eigenvalue weighted by Crippen LogP contribution is 2.06. The Morgan fingerprint density at radius 1 is 1.33 bits per heavy atom. The molecule has 0 aliphatic rings. The largest absolute Gasteiger partial charge is 0.293 e. The number of carbonyl (C=O) groups is 1. The standard InChI is InChI=1S/C16H17FN6O/c1-12-8-19-22(9-12)6-5-15(24)20-16-18-11-23(21-16)10-13-3-2-4-14(17)7-13/h2-4,7-9,11H,5-6,10H2,1H3,(H,20,21,24). The average Bonchev–Trinajstić information content (AvgIpc) is 3.14. The lowest BCUT2D eigenvalue weighted by Crippen LogP contribution is -2.16. The third-order valence-electron chi connectivity index (χ3n) is 3.35. The molecule has 3 rings (SSSR count). The van der Waals surface area contributed by atoms with Gasteiger partial charge in [-0.1, -0.05) is 12.1 Å². The van der Waals surface area contributed by atoms with Gasteiger partial charge >= 0.3 is 0 Å². The molecule has 0 aliphatic heterocycles. The minimum absolute atomic E-state index is 0.188. The number of hydrogen-bond donors (Lipinski definition) is 1. The molecule has 124 valence electrons. The van der Waals surface area contributed by atoms with Crippen molar-refractivity contribution in [2.24, 2.45) is 0 Å². The van der Waals surface area contributed by atoms with Crippen molar-refractivity contribution in [3.05, 3.63) is 59.9 Å². The fourth-order valence-electron chi connectivity index (χ4n) is 2.24. The molecular formula is C16H17FN6O. The Labute approximate surface area is 138 Å². The minimum Gasteiger partial charge on any atom is -0.293 e. The first-order valence-electron chi connectivity index (χ1n) is 7.51. The number of anilines is 1. The SMILES string of the molecule is Cc1cnn(CCC(=O)Nc2ncn(Cc3cccc(F)c3)n2)c1. The van der Waals surface area contributed by atoms with Gasteiger partial charge in [0.1, 0.15) is 12.1 Å². The number of nitrogens with zero attached hydrogens (tertiary/aromatic N) is 5. The molecule has 3 aromatic rings. The molecule has 24 heavy (non-hydrogen) atoms. The average molecular weight is 328 g/mol. The van der Waals surface area contributed by atoms with Crippen LogP contribution in [0.1, 0.15) is 17.5 Å². The van der Waals surface area contributed by atoms with E-state index in [1.165, 1.54) is 18.5 Å². The van der Waals surface area contributed by atoms with E-state index in [4.69, 9.17) is 0 Å². The van der Waals surface area contributed by atoms with Gasteiger partial charge in [0.2, 0.25) is 11.9 Å². The monoisotopic (exact) mass is 328 g/mol. The summed E-state index contributed by atoms with van der Waals surface area (Å²) < 4.78 is 16.4. The molecule has 0 fully saturated rings. The van der Waals surface area contributed by atoms with E-state index in [-0.39, 0.29) is 24.1 Å². The Balaban J connectivity index is 1.52. The molecule has 0 aliphatic carbocycles. The second-order valence-electron chi connectivity index (χ2n) is 5.47. The van der Waals surface area contributed by atoms with Crippen LogP contribution in [0.4, 0.5) is 10.3 Å². The van der Waals surface area contributed by atoms with Gasteiger partial charge in [0.05, 0.1) is 12.7 Å². The molecule has 0 unspecified atom stereocenters. The van der Waals surface area contributed by atoms with Gasteiger partial charge in [0.25, 0.3) is 0 Å². The van der Waals surface area contributed by atoms with E-state index in [1.807, 2.05) is 13.1 Å². The number of halogens is 1. The number of hydrogen-bond acceptors (Lipinski definition) is 4. The van der Waals surface area contributed by atoms with E-state index in [1.54, 1.807) is 27.7 Å². The zero-order chi connectivity index (χ0) is 16.9. The first-order valence-corrected chi connectivity index (χ1v) is 7.51. The van der Waals surface area contributed by atoms with Crippen LogP contribution in [0.25, 0.3) is 0 Å². The lowest BCUT2D eigenvalue weighted by atomic mass is 10.2. The maximum Gasteiger partial charge on any atom is 0.248 e. The van der Waals surface area contributed by atoms with Crippen molar-refractivity contribution < 1.29 is 9.18 Å². The van der Waals surface area contributed by atoms with E-state index in [2.05, 4.69) is 20.5 Å². The first-order chi connectivity index (χ1) is 11.6. The highest BCUT2D eigenvalue weighted by atomic mass is 19.1. The molecule has 0 atom stereocenters. The number of aromatic nitrogens is 5. The third-order valence-corrected chi connectivity index (χ3v) is 3.35. The quantitative estimate of drug-likeness (QED) is 0.751. The summed E-state index contributed by atoms with van der Waals surface area (Å²) in [5.41, 5.74) is 1.82. The molecule has 0 bridgehead atoms. The van der Waals surface area contributed by atoms with Crippen LogP contribution in [0.15, 0.2) is 43.0 Å². The Hall–Kier alpha value is -3.03. The Morgan fingerprint density at radius 3 is 2.96 bits per heavy atom. The van der Waals surface area contributed by atoms with E-state index in [0.29, 0.717) is 13.1 Å². The highest BCUT2D eigenvalue weighted by Gasteiger charge is 2.08. The van der Waals surface area contributed by atoms with Crippen LogP contribution in [-0.4, -0.2) is 30.5 Å². The summed E-state index contributed by atoms with van der Waals surface area (Å²) in [4.78, 5) is 16.0. The lowest BCUT2D eigenvalue weighted by Gasteiger charge is -2.02. The van der Waals surface area contributed by atoms with Crippen molar-refractivity contribution >= 4 is 11.9 Å². The number of amides is 1. The Bertz CT molecular complexity index is 840. The summed E-state index contributed by atoms with van der Waals surface area (Å²) in [7, 11) is 0. The summed E-state index contributed by atoms with van der Waals surface area (Å²) >= 11 is 0. The third kappa shape index (κ3) is 4.25. The van der Waals surface area contributed by atoms with Gasteiger partial charge in [0, 0.05) is 19.2 Å². The van der Waals surface area contributed by atoms with Crippen LogP contribution in [-0.2, 0) is 17.9 Å². The molecule has 8 heteroatoms. The fourth-order valence-corrected chi connectivity index (χ4v) is 2.24. The molecule has 0 saturated carbocycles. The van der Waals surface area contributed by atoms with Crippen LogP contribution < -0.4 is 5.32 Å². The van der Waals surface area contributed by atoms with Crippen molar-refractivity contribution in [1.29, 1.82) is 0 Å². The minimum atomic E-state index is -0.296. The van der Waals surface area contributed by atoms with Crippen LogP contribution in [0.2, 0.25) is 0 Å². The van der Waals surface area contributed by atoms with E-state index >= 15 is 0 Å². The molecule has 7 nitrogen and oxygen atoms in total. The second-order valence-corrected chi connectivity index (χ2v) is 5.47. The number of aryl methyl sites for hydroxylation is 2. The molecule has 1 N–H and O–H groups in total. The van der Waals surface area contributed by atoms with Crippen LogP contribution in [0.3, 0.4) is 0 Å². The van der Waals surface area contributed by atoms with E-state index in [9.17, 15) is 9.18 Å². The molecule has 2 heterocycles. The van der Waals surface area contributed by atoms with E-state index < -0.39 is 0 Å². The maximum absolute atomic E-state index is 13.2. The van der Waals surface area contributed by atoms with Crippen LogP contribution in [0, 0.1) is 12.7 Å². The normalized spacial score (nSPS) is 10.8. The van der Waals surface area contributed by atoms with E-state index in [0.717, 1.165) is 11.1 Å². The summed E-state index contributed by atoms with van der Waals surface area (Å²) in [5, 5.41) is 10.9. The topological polar surface area (TPSA) is 77.6 Å². The second kappa shape index (κ2) is 7.03. The van der Waals surface area contributed by atoms with Gasteiger partial charge in [-0.25, -0.2) is 14.1 Å². The van der Waals surface area contributed by atoms with Crippen LogP contribution in [0.5, 0.6) is 0 Å². The number of benzene rings is 1. The van der Waals surface area contributed by atoms with Crippen molar-refractivity contribution in [3.8, 4) is 0 Å². The molecule has 1 amide bonds. The maximum atomic E-state index is 13.2. The Morgan fingerprint density at radius 2 is 2.21 bits per heavy atom. The van der Waals surface area contributed by atoms with Gasteiger partial charge in [-0.3, -0.25) is 14.8 Å². The molecule has 1 aromatic carbocycles. The number of nitrogens with one attached hydrogen (secondary N) is 1. The molecule has 0 saturated heterocycles. The lowest BCUT2D eigenvalue weighted by molar-refractivity contribution is -0.116. The smallest absolute Gasteiger partial charge is 0.248 e. The number of carbonyl (C=O) groups excluding carboxylic acids is 1. The first kappa shape index (κ1) is 15.9. The van der Waals surface area contributed by atoms with Crippen molar-refractivity contribution in [3.63, 3.8) is 0 Å². The molecule has 0 spiro atoms. The highest BCUT2D eigenvalue weighted by molar-refractivity contribution is 5.88. The predicted octanol–water partition coefficient (Wildman–Crippen LogP) is 2.00. The van der Waals surface area contributed by atoms with Crippen LogP contribution >= 0.6 is 0 Å². The molecular weight excluding hydrogens is 311 g/mol. The molecule has 0 radical (unpaired) electrons. The zero-order valence-electron chi connectivity index (χ0n) is 13.2. The number of rotatable bonds is 6. The summed E-state index contributed by atoms with van der Waals surface area (Å²) in [6.45, 7) is 2.82. The molecule has 2 aromatic heterocycles. The summed E-state index contributed by atoms with van der Waals surface area (Å²) in [5.74, 6) is -0.255. The zero-order valence-corrected chi connectivity index (χ0v) is 13.2. The van der Waals surface area contributed by atoms with Gasteiger partial charge in [-0.15, -0.1) is 5.10 Å². The Kier molecular flexibility index (Phi) is 4.64. The summed E-state index contributed by atoms with van der Waals surface area (Å²) in [6.07, 6.45) is 5.39. The van der Waals surface area contributed by atoms with Gasteiger partial charge in [-0.05, 0) is 30.2 Å². The fraction of sp³-hybridized carbons (Fsp3) is 0.250. The van der Waals surface area contributed by atoms with Crippen molar-refractivity contribution in [1.82, 2.24) is 24.5 Å². The summed E-state index contributed by atoms with van der Waals surface area (Å²) in [6, 6.07) is 6.26.